The molecule has 2 aromatic carbocycles. The summed E-state index contributed by atoms with van der Waals surface area (Å²) in [5, 5.41) is 2.85. The molecule has 4 rings (SSSR count). The number of hydrogen-bond donors (Lipinski definition) is 1. The lowest BCUT2D eigenvalue weighted by Gasteiger charge is -2.30. The lowest BCUT2D eigenvalue weighted by atomic mass is 10.0. The highest BCUT2D eigenvalue weighted by molar-refractivity contribution is 8.00. The lowest BCUT2D eigenvalue weighted by Crippen LogP contribution is -2.35. The van der Waals surface area contributed by atoms with E-state index in [-0.39, 0.29) is 11.8 Å². The Labute approximate surface area is 138 Å². The molecular weight excluding hydrogens is 308 g/mol. The van der Waals surface area contributed by atoms with Gasteiger partial charge in [0.2, 0.25) is 5.91 Å². The van der Waals surface area contributed by atoms with E-state index >= 15 is 0 Å². The van der Waals surface area contributed by atoms with Crippen LogP contribution in [-0.2, 0) is 11.2 Å². The molecule has 2 aliphatic heterocycles. The maximum Gasteiger partial charge on any atom is 0.258 e. The molecule has 0 saturated heterocycles. The van der Waals surface area contributed by atoms with Gasteiger partial charge in [-0.1, -0.05) is 18.2 Å². The summed E-state index contributed by atoms with van der Waals surface area (Å²) in [6, 6.07) is 13.6. The van der Waals surface area contributed by atoms with Gasteiger partial charge in [0, 0.05) is 22.7 Å². The van der Waals surface area contributed by atoms with E-state index in [4.69, 9.17) is 0 Å². The molecule has 0 spiro atoms. The Kier molecular flexibility index (Phi) is 3.58. The highest BCUT2D eigenvalue weighted by Gasteiger charge is 2.24. The van der Waals surface area contributed by atoms with Gasteiger partial charge in [0.1, 0.15) is 0 Å². The van der Waals surface area contributed by atoms with Crippen molar-refractivity contribution < 1.29 is 9.59 Å². The molecular formula is C18H16N2O2S. The minimum atomic E-state index is -0.0181. The van der Waals surface area contributed by atoms with E-state index < -0.39 is 0 Å². The number of benzene rings is 2. The maximum absolute atomic E-state index is 12.9. The average molecular weight is 324 g/mol. The Morgan fingerprint density at radius 1 is 1.17 bits per heavy atom. The van der Waals surface area contributed by atoms with Crippen LogP contribution in [0.4, 0.5) is 11.4 Å². The van der Waals surface area contributed by atoms with Crippen molar-refractivity contribution in [3.8, 4) is 0 Å². The van der Waals surface area contributed by atoms with Crippen LogP contribution in [0.25, 0.3) is 0 Å². The molecule has 2 amide bonds. The third-order valence-electron chi connectivity index (χ3n) is 4.21. The Morgan fingerprint density at radius 3 is 2.96 bits per heavy atom. The number of aryl methyl sites for hydroxylation is 1. The summed E-state index contributed by atoms with van der Waals surface area (Å²) >= 11 is 1.50. The fourth-order valence-electron chi connectivity index (χ4n) is 3.12. The van der Waals surface area contributed by atoms with Crippen LogP contribution in [0.3, 0.4) is 0 Å². The van der Waals surface area contributed by atoms with E-state index in [1.54, 1.807) is 6.07 Å². The Balaban J connectivity index is 1.68. The molecule has 4 nitrogen and oxygen atoms in total. The first kappa shape index (κ1) is 14.3. The molecule has 5 heteroatoms. The second kappa shape index (κ2) is 5.74. The number of anilines is 2. The van der Waals surface area contributed by atoms with Gasteiger partial charge >= 0.3 is 0 Å². The van der Waals surface area contributed by atoms with Gasteiger partial charge in [-0.3, -0.25) is 9.59 Å². The molecule has 0 atom stereocenters. The van der Waals surface area contributed by atoms with Gasteiger partial charge in [0.05, 0.1) is 11.4 Å². The number of nitrogens with zero attached hydrogens (tertiary/aromatic N) is 1. The first-order chi connectivity index (χ1) is 11.2. The third-order valence-corrected chi connectivity index (χ3v) is 5.29. The molecule has 0 aliphatic carbocycles. The van der Waals surface area contributed by atoms with E-state index in [0.29, 0.717) is 11.3 Å². The second-order valence-electron chi connectivity index (χ2n) is 5.74. The van der Waals surface area contributed by atoms with Gasteiger partial charge < -0.3 is 10.2 Å². The van der Waals surface area contributed by atoms with Crippen molar-refractivity contribution in [3.63, 3.8) is 0 Å². The van der Waals surface area contributed by atoms with Crippen LogP contribution in [0.2, 0.25) is 0 Å². The van der Waals surface area contributed by atoms with Gasteiger partial charge in [-0.25, -0.2) is 0 Å². The first-order valence-electron chi connectivity index (χ1n) is 7.69. The number of carbonyl (C=O) groups is 2. The topological polar surface area (TPSA) is 49.4 Å². The molecule has 0 aromatic heterocycles. The molecule has 0 unspecified atom stereocenters. The van der Waals surface area contributed by atoms with Crippen LogP contribution < -0.4 is 10.2 Å². The molecule has 2 aliphatic rings. The standard InChI is InChI=1S/C18H16N2O2S/c21-17-11-23-16-8-7-13(10-14(16)19-17)18(22)20-9-3-5-12-4-1-2-6-15(12)20/h1-2,4,6-8,10H,3,5,9,11H2,(H,19,21). The molecule has 2 aromatic rings. The van der Waals surface area contributed by atoms with Crippen molar-refractivity contribution in [1.82, 2.24) is 0 Å². The molecule has 0 saturated carbocycles. The van der Waals surface area contributed by atoms with Crippen LogP contribution in [-0.4, -0.2) is 24.1 Å². The summed E-state index contributed by atoms with van der Waals surface area (Å²) in [7, 11) is 0. The zero-order chi connectivity index (χ0) is 15.8. The summed E-state index contributed by atoms with van der Waals surface area (Å²) in [6.45, 7) is 0.730. The first-order valence-corrected chi connectivity index (χ1v) is 8.67. The number of thioether (sulfide) groups is 1. The quantitative estimate of drug-likeness (QED) is 0.875. The number of nitrogens with one attached hydrogen (secondary N) is 1. The number of fused-ring (bicyclic) bond motifs is 2. The zero-order valence-electron chi connectivity index (χ0n) is 12.5. The number of rotatable bonds is 1. The Bertz CT molecular complexity index is 803. The summed E-state index contributed by atoms with van der Waals surface area (Å²) in [5.74, 6) is 0.403. The minimum absolute atomic E-state index is 0.00947. The van der Waals surface area contributed by atoms with E-state index in [9.17, 15) is 9.59 Å². The largest absolute Gasteiger partial charge is 0.324 e. The van der Waals surface area contributed by atoms with Gasteiger partial charge in [-0.15, -0.1) is 11.8 Å². The fourth-order valence-corrected chi connectivity index (χ4v) is 3.91. The highest BCUT2D eigenvalue weighted by Crippen LogP contribution is 2.33. The van der Waals surface area contributed by atoms with Crippen molar-refractivity contribution in [2.45, 2.75) is 17.7 Å². The Hall–Kier alpha value is -2.27. The molecule has 2 heterocycles. The molecule has 0 bridgehead atoms. The highest BCUT2D eigenvalue weighted by atomic mass is 32.2. The van der Waals surface area contributed by atoms with Crippen molar-refractivity contribution >= 4 is 35.0 Å². The molecule has 1 N–H and O–H groups in total. The van der Waals surface area contributed by atoms with E-state index in [2.05, 4.69) is 11.4 Å². The van der Waals surface area contributed by atoms with Crippen LogP contribution >= 0.6 is 11.8 Å². The summed E-state index contributed by atoms with van der Waals surface area (Å²) in [4.78, 5) is 27.3. The van der Waals surface area contributed by atoms with Crippen LogP contribution in [0.5, 0.6) is 0 Å². The SMILES string of the molecule is O=C1CSc2ccc(C(=O)N3CCCc4ccccc43)cc2N1. The fraction of sp³-hybridized carbons (Fsp3) is 0.222. The van der Waals surface area contributed by atoms with Gasteiger partial charge in [0.15, 0.2) is 0 Å². The minimum Gasteiger partial charge on any atom is -0.324 e. The second-order valence-corrected chi connectivity index (χ2v) is 6.75. The number of para-hydroxylation sites is 1. The van der Waals surface area contributed by atoms with E-state index in [1.165, 1.54) is 17.3 Å². The number of carbonyl (C=O) groups excluding carboxylic acids is 2. The monoisotopic (exact) mass is 324 g/mol. The lowest BCUT2D eigenvalue weighted by molar-refractivity contribution is -0.113. The third kappa shape index (κ3) is 2.61. The van der Waals surface area contributed by atoms with Gasteiger partial charge in [-0.2, -0.15) is 0 Å². The molecule has 116 valence electrons. The normalized spacial score (nSPS) is 16.3. The van der Waals surface area contributed by atoms with Gasteiger partial charge in [-0.05, 0) is 42.7 Å². The van der Waals surface area contributed by atoms with Crippen molar-refractivity contribution in [1.29, 1.82) is 0 Å². The predicted molar refractivity (Wildman–Crippen MR) is 92.2 cm³/mol. The maximum atomic E-state index is 12.9. The van der Waals surface area contributed by atoms with Crippen molar-refractivity contribution in [2.75, 3.05) is 22.5 Å². The molecule has 0 radical (unpaired) electrons. The summed E-state index contributed by atoms with van der Waals surface area (Å²) in [5.41, 5.74) is 3.57. The van der Waals surface area contributed by atoms with Gasteiger partial charge in [0.25, 0.3) is 5.91 Å². The summed E-state index contributed by atoms with van der Waals surface area (Å²) < 4.78 is 0. The van der Waals surface area contributed by atoms with Crippen molar-refractivity contribution in [2.24, 2.45) is 0 Å². The average Bonchev–Trinajstić information content (AvgIpc) is 2.60. The Morgan fingerprint density at radius 2 is 2.04 bits per heavy atom. The van der Waals surface area contributed by atoms with Crippen LogP contribution in [0.1, 0.15) is 22.3 Å². The summed E-state index contributed by atoms with van der Waals surface area (Å²) in [6.07, 6.45) is 1.98. The van der Waals surface area contributed by atoms with Crippen molar-refractivity contribution in [3.05, 3.63) is 53.6 Å². The van der Waals surface area contributed by atoms with Crippen LogP contribution in [0.15, 0.2) is 47.4 Å². The predicted octanol–water partition coefficient (Wildman–Crippen LogP) is 3.32. The zero-order valence-corrected chi connectivity index (χ0v) is 13.4. The number of hydrogen-bond acceptors (Lipinski definition) is 3. The number of amides is 2. The van der Waals surface area contributed by atoms with Crippen LogP contribution in [0, 0.1) is 0 Å². The molecule has 0 fully saturated rings. The smallest absolute Gasteiger partial charge is 0.258 e. The van der Waals surface area contributed by atoms with E-state index in [0.717, 1.165) is 35.7 Å². The van der Waals surface area contributed by atoms with E-state index in [1.807, 2.05) is 35.2 Å². The molecule has 23 heavy (non-hydrogen) atoms.